The summed E-state index contributed by atoms with van der Waals surface area (Å²) in [5.41, 5.74) is 1.73. The number of pyridine rings is 1. The van der Waals surface area contributed by atoms with Crippen LogP contribution in [0.5, 0.6) is 0 Å². The maximum atomic E-state index is 13.2. The summed E-state index contributed by atoms with van der Waals surface area (Å²) in [6, 6.07) is 9.11. The van der Waals surface area contributed by atoms with Crippen molar-refractivity contribution in [1.82, 2.24) is 4.98 Å². The first-order chi connectivity index (χ1) is 9.52. The summed E-state index contributed by atoms with van der Waals surface area (Å²) in [4.78, 5) is 6.11. The zero-order valence-electron chi connectivity index (χ0n) is 11.3. The third kappa shape index (κ3) is 3.22. The molecule has 0 radical (unpaired) electrons. The van der Waals surface area contributed by atoms with E-state index in [-0.39, 0.29) is 17.7 Å². The van der Waals surface area contributed by atoms with E-state index >= 15 is 0 Å². The summed E-state index contributed by atoms with van der Waals surface area (Å²) in [5, 5.41) is 0.687. The van der Waals surface area contributed by atoms with Gasteiger partial charge in [0.2, 0.25) is 0 Å². The standard InChI is InChI=1S/C15H15Cl2FN2/c1-10(11-4-3-5-13(17)6-11)20(2)15-12(8-16)7-14(18)9-19-15/h3-7,9-10H,8H2,1-2H3. The molecule has 1 unspecified atom stereocenters. The van der Waals surface area contributed by atoms with Gasteiger partial charge in [0.25, 0.3) is 0 Å². The summed E-state index contributed by atoms with van der Waals surface area (Å²) in [5.74, 6) is 0.509. The molecule has 2 aromatic rings. The van der Waals surface area contributed by atoms with Crippen LogP contribution in [0.25, 0.3) is 0 Å². The Labute approximate surface area is 128 Å². The molecule has 1 atom stereocenters. The van der Waals surface area contributed by atoms with E-state index in [1.807, 2.05) is 43.1 Å². The van der Waals surface area contributed by atoms with Gasteiger partial charge in [-0.15, -0.1) is 11.6 Å². The summed E-state index contributed by atoms with van der Waals surface area (Å²) in [7, 11) is 1.90. The van der Waals surface area contributed by atoms with Crippen molar-refractivity contribution in [3.8, 4) is 0 Å². The van der Waals surface area contributed by atoms with Crippen LogP contribution in [0, 0.1) is 5.82 Å². The van der Waals surface area contributed by atoms with Gasteiger partial charge in [-0.2, -0.15) is 0 Å². The predicted molar refractivity (Wildman–Crippen MR) is 82.0 cm³/mol. The van der Waals surface area contributed by atoms with Gasteiger partial charge in [0.15, 0.2) is 0 Å². The molecule has 0 spiro atoms. The van der Waals surface area contributed by atoms with E-state index in [9.17, 15) is 4.39 Å². The Balaban J connectivity index is 2.33. The number of aromatic nitrogens is 1. The van der Waals surface area contributed by atoms with Gasteiger partial charge in [-0.25, -0.2) is 9.37 Å². The SMILES string of the molecule is CC(c1cccc(Cl)c1)N(C)c1ncc(F)cc1CCl. The van der Waals surface area contributed by atoms with E-state index in [2.05, 4.69) is 4.98 Å². The van der Waals surface area contributed by atoms with Crippen molar-refractivity contribution in [2.75, 3.05) is 11.9 Å². The summed E-state index contributed by atoms with van der Waals surface area (Å²) >= 11 is 11.9. The number of hydrogen-bond acceptors (Lipinski definition) is 2. The fraction of sp³-hybridized carbons (Fsp3) is 0.267. The van der Waals surface area contributed by atoms with Crippen LogP contribution in [-0.4, -0.2) is 12.0 Å². The van der Waals surface area contributed by atoms with Crippen LogP contribution < -0.4 is 4.90 Å². The molecule has 0 aliphatic carbocycles. The molecule has 0 bridgehead atoms. The molecule has 20 heavy (non-hydrogen) atoms. The average Bonchev–Trinajstić information content (AvgIpc) is 2.45. The number of hydrogen-bond donors (Lipinski definition) is 0. The van der Waals surface area contributed by atoms with Crippen LogP contribution >= 0.6 is 23.2 Å². The van der Waals surface area contributed by atoms with Crippen LogP contribution in [0.1, 0.15) is 24.1 Å². The van der Waals surface area contributed by atoms with Gasteiger partial charge in [0.05, 0.1) is 18.1 Å². The third-order valence-electron chi connectivity index (χ3n) is 3.30. The van der Waals surface area contributed by atoms with Crippen molar-refractivity contribution in [1.29, 1.82) is 0 Å². The molecule has 0 saturated heterocycles. The van der Waals surface area contributed by atoms with E-state index in [4.69, 9.17) is 23.2 Å². The Hall–Kier alpha value is -1.32. The molecule has 2 rings (SSSR count). The van der Waals surface area contributed by atoms with Gasteiger partial charge in [0.1, 0.15) is 11.6 Å². The molecule has 1 aromatic heterocycles. The van der Waals surface area contributed by atoms with E-state index in [1.165, 1.54) is 12.3 Å². The normalized spacial score (nSPS) is 12.2. The lowest BCUT2D eigenvalue weighted by molar-refractivity contribution is 0.617. The van der Waals surface area contributed by atoms with Crippen molar-refractivity contribution in [2.24, 2.45) is 0 Å². The highest BCUT2D eigenvalue weighted by molar-refractivity contribution is 6.30. The van der Waals surface area contributed by atoms with E-state index in [0.29, 0.717) is 16.4 Å². The fourth-order valence-corrected chi connectivity index (χ4v) is 2.46. The number of anilines is 1. The zero-order chi connectivity index (χ0) is 14.7. The van der Waals surface area contributed by atoms with E-state index < -0.39 is 0 Å². The quantitative estimate of drug-likeness (QED) is 0.753. The molecule has 0 fully saturated rings. The minimum atomic E-state index is -0.381. The number of rotatable bonds is 4. The highest BCUT2D eigenvalue weighted by atomic mass is 35.5. The molecule has 1 aromatic carbocycles. The molecule has 1 heterocycles. The zero-order valence-corrected chi connectivity index (χ0v) is 12.8. The molecule has 2 nitrogen and oxygen atoms in total. The number of halogens is 3. The minimum Gasteiger partial charge on any atom is -0.353 e. The maximum absolute atomic E-state index is 13.2. The van der Waals surface area contributed by atoms with Gasteiger partial charge < -0.3 is 4.90 Å². The van der Waals surface area contributed by atoms with E-state index in [1.54, 1.807) is 0 Å². The molecule has 0 N–H and O–H groups in total. The second kappa shape index (κ2) is 6.42. The van der Waals surface area contributed by atoms with Crippen molar-refractivity contribution < 1.29 is 4.39 Å². The van der Waals surface area contributed by atoms with Crippen molar-refractivity contribution >= 4 is 29.0 Å². The predicted octanol–water partition coefficient (Wildman–Crippen LogP) is 4.81. The number of benzene rings is 1. The lowest BCUT2D eigenvalue weighted by Gasteiger charge is -2.28. The second-order valence-electron chi connectivity index (χ2n) is 4.61. The highest BCUT2D eigenvalue weighted by Crippen LogP contribution is 2.28. The molecule has 5 heteroatoms. The van der Waals surface area contributed by atoms with Gasteiger partial charge in [0, 0.05) is 17.6 Å². The summed E-state index contributed by atoms with van der Waals surface area (Å²) in [6.07, 6.45) is 1.20. The van der Waals surface area contributed by atoms with Gasteiger partial charge in [-0.05, 0) is 30.7 Å². The summed E-state index contributed by atoms with van der Waals surface area (Å²) < 4.78 is 13.2. The third-order valence-corrected chi connectivity index (χ3v) is 3.82. The van der Waals surface area contributed by atoms with Crippen molar-refractivity contribution in [2.45, 2.75) is 18.8 Å². The first-order valence-electron chi connectivity index (χ1n) is 6.21. The molecular formula is C15H15Cl2FN2. The largest absolute Gasteiger partial charge is 0.353 e. The van der Waals surface area contributed by atoms with Crippen molar-refractivity contribution in [3.05, 3.63) is 58.5 Å². The maximum Gasteiger partial charge on any atom is 0.141 e. The van der Waals surface area contributed by atoms with Gasteiger partial charge in [-0.3, -0.25) is 0 Å². The van der Waals surface area contributed by atoms with Crippen LogP contribution in [0.4, 0.5) is 10.2 Å². The first-order valence-corrected chi connectivity index (χ1v) is 7.13. The van der Waals surface area contributed by atoms with Crippen LogP contribution in [0.15, 0.2) is 36.5 Å². The lowest BCUT2D eigenvalue weighted by Crippen LogP contribution is -2.24. The van der Waals surface area contributed by atoms with Gasteiger partial charge >= 0.3 is 0 Å². The Bertz CT molecular complexity index is 604. The Morgan fingerprint density at radius 3 is 2.75 bits per heavy atom. The fourth-order valence-electron chi connectivity index (χ4n) is 2.06. The van der Waals surface area contributed by atoms with Crippen LogP contribution in [0.2, 0.25) is 5.02 Å². The molecule has 0 saturated carbocycles. The molecule has 0 aliphatic heterocycles. The Morgan fingerprint density at radius 2 is 2.10 bits per heavy atom. The topological polar surface area (TPSA) is 16.1 Å². The lowest BCUT2D eigenvalue weighted by atomic mass is 10.1. The first kappa shape index (κ1) is 15.1. The molecule has 106 valence electrons. The molecule has 0 amide bonds. The van der Waals surface area contributed by atoms with Crippen molar-refractivity contribution in [3.63, 3.8) is 0 Å². The molecular weight excluding hydrogens is 298 g/mol. The Morgan fingerprint density at radius 1 is 1.35 bits per heavy atom. The average molecular weight is 313 g/mol. The summed E-state index contributed by atoms with van der Waals surface area (Å²) in [6.45, 7) is 2.04. The highest BCUT2D eigenvalue weighted by Gasteiger charge is 2.17. The second-order valence-corrected chi connectivity index (χ2v) is 5.32. The monoisotopic (exact) mass is 312 g/mol. The smallest absolute Gasteiger partial charge is 0.141 e. The van der Waals surface area contributed by atoms with Crippen LogP contribution in [0.3, 0.4) is 0 Å². The number of alkyl halides is 1. The van der Waals surface area contributed by atoms with E-state index in [0.717, 1.165) is 5.56 Å². The van der Waals surface area contributed by atoms with Crippen LogP contribution in [-0.2, 0) is 5.88 Å². The minimum absolute atomic E-state index is 0.0497. The molecule has 0 aliphatic rings. The number of nitrogens with zero attached hydrogens (tertiary/aromatic N) is 2. The Kier molecular flexibility index (Phi) is 4.84. The van der Waals surface area contributed by atoms with Gasteiger partial charge in [-0.1, -0.05) is 23.7 Å².